The summed E-state index contributed by atoms with van der Waals surface area (Å²) in [5.74, 6) is 0.222. The van der Waals surface area contributed by atoms with Gasteiger partial charge in [-0.2, -0.15) is 5.26 Å². The third-order valence-corrected chi connectivity index (χ3v) is 1.46. The van der Waals surface area contributed by atoms with E-state index in [-0.39, 0.29) is 5.92 Å². The van der Waals surface area contributed by atoms with Gasteiger partial charge in [-0.05, 0) is 40.4 Å². The molecule has 0 bridgehead atoms. The van der Waals surface area contributed by atoms with E-state index in [0.29, 0.717) is 0 Å². The van der Waals surface area contributed by atoms with Crippen LogP contribution in [0.25, 0.3) is 0 Å². The lowest BCUT2D eigenvalue weighted by molar-refractivity contribution is 0.385. The summed E-state index contributed by atoms with van der Waals surface area (Å²) in [6, 6.07) is 2.22. The highest BCUT2D eigenvalue weighted by molar-refractivity contribution is 4.78. The third kappa shape index (κ3) is 5.58. The third-order valence-electron chi connectivity index (χ3n) is 1.46. The van der Waals surface area contributed by atoms with Crippen molar-refractivity contribution in [3.63, 3.8) is 0 Å². The molecule has 0 aromatic carbocycles. The number of nitriles is 1. The Morgan fingerprint density at radius 3 is 2.50 bits per heavy atom. The van der Waals surface area contributed by atoms with Crippen molar-refractivity contribution in [3.05, 3.63) is 0 Å². The van der Waals surface area contributed by atoms with Crippen molar-refractivity contribution in [3.8, 4) is 6.07 Å². The van der Waals surface area contributed by atoms with E-state index in [1.807, 2.05) is 6.92 Å². The molecule has 0 saturated heterocycles. The Kier molecular flexibility index (Phi) is 4.96. The van der Waals surface area contributed by atoms with E-state index in [2.05, 4.69) is 25.1 Å². The van der Waals surface area contributed by atoms with Crippen LogP contribution in [0.15, 0.2) is 0 Å². The van der Waals surface area contributed by atoms with Crippen LogP contribution in [0.1, 0.15) is 19.8 Å². The van der Waals surface area contributed by atoms with Gasteiger partial charge in [0, 0.05) is 5.92 Å². The van der Waals surface area contributed by atoms with Crippen molar-refractivity contribution in [1.29, 1.82) is 5.26 Å². The van der Waals surface area contributed by atoms with E-state index in [4.69, 9.17) is 5.26 Å². The molecule has 0 aliphatic carbocycles. The Balaban J connectivity index is 3.13. The zero-order valence-corrected chi connectivity index (χ0v) is 7.09. The standard InChI is InChI=1S/C8H16N2/c1-8(7-9)5-4-6-10(2)3/h8H,4-6H2,1-3H3. The second-order valence-corrected chi connectivity index (χ2v) is 2.98. The first-order chi connectivity index (χ1) is 4.66. The molecule has 0 aliphatic rings. The van der Waals surface area contributed by atoms with Crippen LogP contribution in [0, 0.1) is 17.2 Å². The van der Waals surface area contributed by atoms with Crippen LogP contribution in [0.4, 0.5) is 0 Å². The minimum atomic E-state index is 0.222. The van der Waals surface area contributed by atoms with Gasteiger partial charge in [-0.1, -0.05) is 0 Å². The summed E-state index contributed by atoms with van der Waals surface area (Å²) < 4.78 is 0. The van der Waals surface area contributed by atoms with Crippen LogP contribution in [0.5, 0.6) is 0 Å². The SMILES string of the molecule is CC(C#N)CCCN(C)C. The summed E-state index contributed by atoms with van der Waals surface area (Å²) in [7, 11) is 4.11. The molecule has 2 nitrogen and oxygen atoms in total. The Bertz CT molecular complexity index is 113. The van der Waals surface area contributed by atoms with Crippen molar-refractivity contribution in [1.82, 2.24) is 4.90 Å². The number of hydrogen-bond donors (Lipinski definition) is 0. The Labute approximate surface area is 63.4 Å². The molecule has 0 amide bonds. The van der Waals surface area contributed by atoms with Crippen LogP contribution >= 0.6 is 0 Å². The maximum atomic E-state index is 8.44. The van der Waals surface area contributed by atoms with Crippen molar-refractivity contribution < 1.29 is 0 Å². The molecule has 0 aromatic rings. The first-order valence-corrected chi connectivity index (χ1v) is 3.71. The van der Waals surface area contributed by atoms with Gasteiger partial charge in [0.15, 0.2) is 0 Å². The molecule has 0 fully saturated rings. The van der Waals surface area contributed by atoms with Crippen LogP contribution in [0.3, 0.4) is 0 Å². The van der Waals surface area contributed by atoms with Crippen molar-refractivity contribution >= 4 is 0 Å². The summed E-state index contributed by atoms with van der Waals surface area (Å²) in [5, 5.41) is 8.44. The lowest BCUT2D eigenvalue weighted by Gasteiger charge is -2.08. The molecule has 0 saturated carbocycles. The lowest BCUT2D eigenvalue weighted by atomic mass is 10.1. The van der Waals surface area contributed by atoms with Gasteiger partial charge < -0.3 is 4.90 Å². The van der Waals surface area contributed by atoms with E-state index < -0.39 is 0 Å². The highest BCUT2D eigenvalue weighted by atomic mass is 15.0. The molecule has 1 unspecified atom stereocenters. The number of rotatable bonds is 4. The number of nitrogens with zero attached hydrogens (tertiary/aromatic N) is 2. The first kappa shape index (κ1) is 9.45. The van der Waals surface area contributed by atoms with Gasteiger partial charge in [-0.25, -0.2) is 0 Å². The van der Waals surface area contributed by atoms with Crippen LogP contribution in [0.2, 0.25) is 0 Å². The van der Waals surface area contributed by atoms with E-state index in [0.717, 1.165) is 19.4 Å². The molecule has 0 aliphatic heterocycles. The Morgan fingerprint density at radius 2 is 2.10 bits per heavy atom. The minimum absolute atomic E-state index is 0.222. The van der Waals surface area contributed by atoms with Gasteiger partial charge >= 0.3 is 0 Å². The van der Waals surface area contributed by atoms with Gasteiger partial charge in [0.25, 0.3) is 0 Å². The number of hydrogen-bond acceptors (Lipinski definition) is 2. The molecule has 0 radical (unpaired) electrons. The van der Waals surface area contributed by atoms with Gasteiger partial charge in [0.05, 0.1) is 6.07 Å². The van der Waals surface area contributed by atoms with Crippen LogP contribution in [-0.2, 0) is 0 Å². The summed E-state index contributed by atoms with van der Waals surface area (Å²) >= 11 is 0. The molecular formula is C8H16N2. The van der Waals surface area contributed by atoms with Gasteiger partial charge in [-0.15, -0.1) is 0 Å². The average Bonchev–Trinajstić information content (AvgIpc) is 1.87. The van der Waals surface area contributed by atoms with Crippen molar-refractivity contribution in [2.75, 3.05) is 20.6 Å². The van der Waals surface area contributed by atoms with Gasteiger partial charge in [0.2, 0.25) is 0 Å². The minimum Gasteiger partial charge on any atom is -0.309 e. The topological polar surface area (TPSA) is 27.0 Å². The molecule has 10 heavy (non-hydrogen) atoms. The molecule has 0 aromatic heterocycles. The molecule has 1 atom stereocenters. The van der Waals surface area contributed by atoms with Gasteiger partial charge in [-0.3, -0.25) is 0 Å². The fraction of sp³-hybridized carbons (Fsp3) is 0.875. The van der Waals surface area contributed by atoms with Crippen LogP contribution < -0.4 is 0 Å². The van der Waals surface area contributed by atoms with E-state index in [1.165, 1.54) is 0 Å². The Hall–Kier alpha value is -0.550. The molecule has 0 spiro atoms. The molecule has 0 rings (SSSR count). The maximum absolute atomic E-state index is 8.44. The summed E-state index contributed by atoms with van der Waals surface area (Å²) in [4.78, 5) is 2.14. The van der Waals surface area contributed by atoms with Crippen LogP contribution in [-0.4, -0.2) is 25.5 Å². The average molecular weight is 140 g/mol. The van der Waals surface area contributed by atoms with Crippen molar-refractivity contribution in [2.45, 2.75) is 19.8 Å². The zero-order chi connectivity index (χ0) is 7.98. The van der Waals surface area contributed by atoms with Gasteiger partial charge in [0.1, 0.15) is 0 Å². The molecular weight excluding hydrogens is 124 g/mol. The highest BCUT2D eigenvalue weighted by Gasteiger charge is 1.98. The molecule has 58 valence electrons. The second-order valence-electron chi connectivity index (χ2n) is 2.98. The quantitative estimate of drug-likeness (QED) is 0.591. The zero-order valence-electron chi connectivity index (χ0n) is 7.09. The van der Waals surface area contributed by atoms with E-state index in [9.17, 15) is 0 Å². The fourth-order valence-corrected chi connectivity index (χ4v) is 0.778. The highest BCUT2D eigenvalue weighted by Crippen LogP contribution is 2.02. The van der Waals surface area contributed by atoms with Crippen molar-refractivity contribution in [2.24, 2.45) is 5.92 Å². The first-order valence-electron chi connectivity index (χ1n) is 3.71. The van der Waals surface area contributed by atoms with E-state index >= 15 is 0 Å². The normalized spacial score (nSPS) is 13.1. The Morgan fingerprint density at radius 1 is 1.50 bits per heavy atom. The fourth-order valence-electron chi connectivity index (χ4n) is 0.778. The summed E-state index contributed by atoms with van der Waals surface area (Å²) in [6.45, 7) is 3.06. The van der Waals surface area contributed by atoms with E-state index in [1.54, 1.807) is 0 Å². The summed E-state index contributed by atoms with van der Waals surface area (Å²) in [6.07, 6.45) is 2.15. The molecule has 0 N–H and O–H groups in total. The molecule has 0 heterocycles. The second kappa shape index (κ2) is 5.25. The smallest absolute Gasteiger partial charge is 0.0652 e. The lowest BCUT2D eigenvalue weighted by Crippen LogP contribution is -2.13. The maximum Gasteiger partial charge on any atom is 0.0652 e. The molecule has 2 heteroatoms. The predicted octanol–water partition coefficient (Wildman–Crippen LogP) is 1.49. The largest absolute Gasteiger partial charge is 0.309 e. The monoisotopic (exact) mass is 140 g/mol. The predicted molar refractivity (Wildman–Crippen MR) is 42.6 cm³/mol. The summed E-state index contributed by atoms with van der Waals surface area (Å²) in [5.41, 5.74) is 0.